The Balaban J connectivity index is 1.43. The summed E-state index contributed by atoms with van der Waals surface area (Å²) in [4.78, 5) is 76.0. The summed E-state index contributed by atoms with van der Waals surface area (Å²) in [6.45, 7) is 21.3. The topological polar surface area (TPSA) is 206 Å². The van der Waals surface area contributed by atoms with Gasteiger partial charge in [0.05, 0.1) is 50.3 Å². The summed E-state index contributed by atoms with van der Waals surface area (Å²) in [7, 11) is 4.69. The summed E-state index contributed by atoms with van der Waals surface area (Å²) in [5, 5.41) is 24.0. The SMILES string of the molecule is COCCOC1C[C@@H]2CC[C@@H](C)[C@@](O)(O2)C(=O)C(=O)N2CCCCC2C(=O)O[C@H]([C@H](C)C[C@@H]2CC[C@@H](OCCCN3CCO[C@@H](C)C3)[C@H](OC)C2)CC(=O)[C@H](C)/C=C(\C)[C@@H](O)[C@](C)(OC)C(=O)[C@H](C)C[C@H](C)/C=C/C=C/C=C/1C. The van der Waals surface area contributed by atoms with Gasteiger partial charge in [0, 0.05) is 84.7 Å². The lowest BCUT2D eigenvalue weighted by Gasteiger charge is -2.43. The standard InChI is InChI=1S/C62H100N2O15/c1-40-19-14-13-15-20-41(2)53(77-32-31-72-10)37-49-24-22-46(7)62(71,79-49)58(68)59(69)64-27-17-16-21-50(64)60(70)78-54(38-51(65)42(3)34-45(6)57(67)61(9,74-12)56(66)44(5)33-40)43(4)35-48-23-25-52(55(36-48)73-11)76-29-18-26-63-28-30-75-47(8)39-63/h13-15,19-20,34,40,42-44,46-50,52-55,57,67,71H,16-18,21-33,35-39H2,1-12H3/b15-13+,19-14+,41-20+,45-34+/t40-,42-,43-,44-,46-,47+,48+,49+,50?,52-,53?,54+,55-,57-,61-,62-/m1/s1. The van der Waals surface area contributed by atoms with Crippen molar-refractivity contribution in [3.8, 4) is 0 Å². The molecule has 2 unspecified atom stereocenters. The summed E-state index contributed by atoms with van der Waals surface area (Å²) < 4.78 is 48.3. The number of carbonyl (C=O) groups is 5. The van der Waals surface area contributed by atoms with E-state index >= 15 is 0 Å². The maximum absolute atomic E-state index is 14.7. The van der Waals surface area contributed by atoms with Crippen LogP contribution in [0.2, 0.25) is 0 Å². The van der Waals surface area contributed by atoms with Gasteiger partial charge in [-0.2, -0.15) is 0 Å². The maximum atomic E-state index is 14.7. The lowest BCUT2D eigenvalue weighted by atomic mass is 9.78. The quantitative estimate of drug-likeness (QED) is 0.0739. The van der Waals surface area contributed by atoms with Crippen molar-refractivity contribution in [2.75, 3.05) is 73.9 Å². The number of hydrogen-bond donors (Lipinski definition) is 2. The minimum atomic E-state index is -2.46. The van der Waals surface area contributed by atoms with E-state index in [4.69, 9.17) is 37.9 Å². The van der Waals surface area contributed by atoms with Crippen LogP contribution < -0.4 is 0 Å². The Labute approximate surface area is 472 Å². The molecule has 17 heteroatoms. The number of nitrogens with zero attached hydrogens (tertiary/aromatic N) is 2. The number of Topliss-reactive ketones (excluding diaryl/α,β-unsaturated/α-hetero) is 3. The van der Waals surface area contributed by atoms with Crippen LogP contribution in [0.3, 0.4) is 0 Å². The molecule has 448 valence electrons. The van der Waals surface area contributed by atoms with Gasteiger partial charge in [-0.25, -0.2) is 4.79 Å². The van der Waals surface area contributed by atoms with Gasteiger partial charge in [-0.1, -0.05) is 71.1 Å². The second-order valence-corrected chi connectivity index (χ2v) is 24.0. The van der Waals surface area contributed by atoms with Crippen LogP contribution in [0, 0.1) is 35.5 Å². The van der Waals surface area contributed by atoms with E-state index in [-0.39, 0.29) is 80.0 Å². The van der Waals surface area contributed by atoms with Crippen LogP contribution in [-0.4, -0.2) is 183 Å². The van der Waals surface area contributed by atoms with Gasteiger partial charge in [-0.15, -0.1) is 0 Å². The molecule has 16 atom stereocenters. The zero-order valence-corrected chi connectivity index (χ0v) is 50.0. The first kappa shape index (κ1) is 66.3. The Hall–Kier alpha value is -3.49. The van der Waals surface area contributed by atoms with Crippen LogP contribution in [-0.2, 0) is 61.9 Å². The minimum Gasteiger partial charge on any atom is -0.460 e. The lowest BCUT2D eigenvalue weighted by molar-refractivity contribution is -0.266. The molecule has 0 aromatic heterocycles. The molecule has 2 bridgehead atoms. The van der Waals surface area contributed by atoms with Gasteiger partial charge in [-0.3, -0.25) is 24.1 Å². The van der Waals surface area contributed by atoms with Crippen molar-refractivity contribution >= 4 is 29.2 Å². The number of esters is 1. The largest absolute Gasteiger partial charge is 0.460 e. The van der Waals surface area contributed by atoms with Crippen LogP contribution in [0.4, 0.5) is 0 Å². The summed E-state index contributed by atoms with van der Waals surface area (Å²) in [5.41, 5.74) is -0.366. The number of rotatable bonds is 14. The molecule has 4 heterocycles. The molecule has 17 nitrogen and oxygen atoms in total. The molecule has 79 heavy (non-hydrogen) atoms. The number of methoxy groups -OCH3 is 3. The number of aliphatic hydroxyl groups is 2. The van der Waals surface area contributed by atoms with Gasteiger partial charge in [0.15, 0.2) is 11.4 Å². The highest BCUT2D eigenvalue weighted by molar-refractivity contribution is 6.39. The fourth-order valence-corrected chi connectivity index (χ4v) is 12.4. The van der Waals surface area contributed by atoms with E-state index in [0.29, 0.717) is 57.3 Å². The summed E-state index contributed by atoms with van der Waals surface area (Å²) in [5.74, 6) is -8.04. The molecular formula is C62H100N2O15. The summed E-state index contributed by atoms with van der Waals surface area (Å²) >= 11 is 0. The second kappa shape index (κ2) is 31.8. The first-order valence-electron chi connectivity index (χ1n) is 29.6. The van der Waals surface area contributed by atoms with Crippen molar-refractivity contribution in [3.05, 3.63) is 47.6 Å². The lowest BCUT2D eigenvalue weighted by Crippen LogP contribution is -2.61. The molecule has 0 aromatic rings. The average molecular weight is 1110 g/mol. The fourth-order valence-electron chi connectivity index (χ4n) is 12.4. The van der Waals surface area contributed by atoms with Gasteiger partial charge in [0.1, 0.15) is 24.0 Å². The van der Waals surface area contributed by atoms with Crippen LogP contribution in [0.25, 0.3) is 0 Å². The predicted octanol–water partition coefficient (Wildman–Crippen LogP) is 7.72. The Morgan fingerprint density at radius 3 is 2.30 bits per heavy atom. The van der Waals surface area contributed by atoms with Crippen molar-refractivity contribution < 1.29 is 72.1 Å². The van der Waals surface area contributed by atoms with E-state index in [1.807, 2.05) is 58.1 Å². The van der Waals surface area contributed by atoms with Crippen molar-refractivity contribution in [2.24, 2.45) is 35.5 Å². The number of piperidine rings is 1. The number of ketones is 3. The van der Waals surface area contributed by atoms with Gasteiger partial charge < -0.3 is 53.0 Å². The second-order valence-electron chi connectivity index (χ2n) is 24.0. The van der Waals surface area contributed by atoms with Crippen molar-refractivity contribution in [2.45, 2.75) is 206 Å². The molecule has 1 saturated carbocycles. The van der Waals surface area contributed by atoms with Gasteiger partial charge in [0.2, 0.25) is 5.79 Å². The number of aliphatic hydroxyl groups excluding tert-OH is 1. The van der Waals surface area contributed by atoms with Gasteiger partial charge in [0.25, 0.3) is 11.7 Å². The third-order valence-electron chi connectivity index (χ3n) is 17.6. The third-order valence-corrected chi connectivity index (χ3v) is 17.6. The highest BCUT2D eigenvalue weighted by Crippen LogP contribution is 2.39. The fraction of sp³-hybridized carbons (Fsp3) is 0.790. The first-order chi connectivity index (χ1) is 37.6. The van der Waals surface area contributed by atoms with E-state index in [2.05, 4.69) is 11.8 Å². The molecule has 5 aliphatic rings. The molecular weight excluding hydrogens is 1010 g/mol. The van der Waals surface area contributed by atoms with E-state index in [9.17, 15) is 34.2 Å². The number of fused-ring (bicyclic) bond motifs is 3. The summed E-state index contributed by atoms with van der Waals surface area (Å²) in [6, 6.07) is -1.15. The summed E-state index contributed by atoms with van der Waals surface area (Å²) in [6.07, 6.45) is 14.5. The van der Waals surface area contributed by atoms with E-state index < -0.39 is 77.3 Å². The molecule has 1 amide bonds. The Bertz CT molecular complexity index is 2110. The van der Waals surface area contributed by atoms with Crippen LogP contribution in [0.1, 0.15) is 146 Å². The van der Waals surface area contributed by atoms with Crippen LogP contribution >= 0.6 is 0 Å². The monoisotopic (exact) mass is 1110 g/mol. The molecule has 4 aliphatic heterocycles. The normalized spacial score (nSPS) is 38.7. The Morgan fingerprint density at radius 2 is 1.59 bits per heavy atom. The molecule has 4 fully saturated rings. The highest BCUT2D eigenvalue weighted by Gasteiger charge is 2.53. The van der Waals surface area contributed by atoms with Crippen LogP contribution in [0.5, 0.6) is 0 Å². The molecule has 0 radical (unpaired) electrons. The average Bonchev–Trinajstić information content (AvgIpc) is 3.44. The predicted molar refractivity (Wildman–Crippen MR) is 301 cm³/mol. The number of allylic oxidation sites excluding steroid dienone is 6. The van der Waals surface area contributed by atoms with Crippen molar-refractivity contribution in [1.82, 2.24) is 9.80 Å². The zero-order chi connectivity index (χ0) is 58.0. The molecule has 2 N–H and O–H groups in total. The number of ether oxygens (including phenoxy) is 8. The number of hydrogen-bond acceptors (Lipinski definition) is 16. The Morgan fingerprint density at radius 1 is 0.835 bits per heavy atom. The smallest absolute Gasteiger partial charge is 0.329 e. The molecule has 3 saturated heterocycles. The van der Waals surface area contributed by atoms with Crippen LogP contribution in [0.15, 0.2) is 47.6 Å². The van der Waals surface area contributed by atoms with Crippen molar-refractivity contribution in [3.63, 3.8) is 0 Å². The molecule has 0 aromatic carbocycles. The third kappa shape index (κ3) is 18.5. The highest BCUT2D eigenvalue weighted by atomic mass is 16.6. The Kier molecular flexibility index (Phi) is 26.7. The van der Waals surface area contributed by atoms with E-state index in [0.717, 1.165) is 57.5 Å². The molecule has 1 aliphatic carbocycles. The van der Waals surface area contributed by atoms with E-state index in [1.54, 1.807) is 48.0 Å². The van der Waals surface area contributed by atoms with Crippen molar-refractivity contribution in [1.29, 1.82) is 0 Å². The molecule has 0 spiro atoms. The number of amides is 1. The zero-order valence-electron chi connectivity index (χ0n) is 50.0. The minimum absolute atomic E-state index is 0.0118. The maximum Gasteiger partial charge on any atom is 0.329 e. The van der Waals surface area contributed by atoms with Gasteiger partial charge >= 0.3 is 5.97 Å². The number of cyclic esters (lactones) is 1. The number of carbonyl (C=O) groups excluding carboxylic acids is 5. The van der Waals surface area contributed by atoms with E-state index in [1.165, 1.54) is 12.0 Å². The number of morpholine rings is 1. The van der Waals surface area contributed by atoms with Gasteiger partial charge in [-0.05, 0) is 127 Å². The molecule has 5 rings (SSSR count). The first-order valence-corrected chi connectivity index (χ1v) is 29.6.